The molecule has 1 aliphatic rings. The van der Waals surface area contributed by atoms with Crippen LogP contribution in [0.4, 0.5) is 0 Å². The van der Waals surface area contributed by atoms with Crippen LogP contribution in [0.15, 0.2) is 29.2 Å². The number of benzene rings is 1. The van der Waals surface area contributed by atoms with E-state index >= 15 is 0 Å². The second-order valence-electron chi connectivity index (χ2n) is 5.49. The SMILES string of the molecule is CCC(Oc1ccc(/C=C2\SC(=S)N(C(C)C(=O)O)C2=O)cc1)C(=O)O. The molecule has 2 rings (SSSR count). The molecule has 2 unspecified atom stereocenters. The molecular formula is C17H17NO6S2. The van der Waals surface area contributed by atoms with Gasteiger partial charge in [-0.3, -0.25) is 9.69 Å². The molecule has 0 aromatic heterocycles. The maximum absolute atomic E-state index is 12.4. The Kier molecular flexibility index (Phi) is 6.38. The van der Waals surface area contributed by atoms with E-state index in [1.807, 2.05) is 0 Å². The van der Waals surface area contributed by atoms with Crippen molar-refractivity contribution >= 4 is 52.2 Å². The highest BCUT2D eigenvalue weighted by atomic mass is 32.2. The smallest absolute Gasteiger partial charge is 0.344 e. The molecule has 0 bridgehead atoms. The second kappa shape index (κ2) is 8.33. The molecule has 1 aromatic rings. The minimum Gasteiger partial charge on any atom is -0.480 e. The highest BCUT2D eigenvalue weighted by molar-refractivity contribution is 8.26. The number of carbonyl (C=O) groups is 3. The van der Waals surface area contributed by atoms with Gasteiger partial charge in [-0.2, -0.15) is 0 Å². The molecule has 0 aliphatic carbocycles. The summed E-state index contributed by atoms with van der Waals surface area (Å²) in [6.07, 6.45) is 1.02. The van der Waals surface area contributed by atoms with Gasteiger partial charge in [0.1, 0.15) is 16.1 Å². The molecule has 26 heavy (non-hydrogen) atoms. The van der Waals surface area contributed by atoms with Crippen LogP contribution in [-0.4, -0.2) is 49.4 Å². The lowest BCUT2D eigenvalue weighted by Crippen LogP contribution is -2.41. The fourth-order valence-electron chi connectivity index (χ4n) is 2.19. The molecule has 9 heteroatoms. The zero-order chi connectivity index (χ0) is 19.4. The van der Waals surface area contributed by atoms with E-state index in [1.54, 1.807) is 37.3 Å². The number of hydrogen-bond acceptors (Lipinski definition) is 6. The van der Waals surface area contributed by atoms with Crippen molar-refractivity contribution in [1.82, 2.24) is 4.90 Å². The van der Waals surface area contributed by atoms with Crippen molar-refractivity contribution in [3.05, 3.63) is 34.7 Å². The average Bonchev–Trinajstić information content (AvgIpc) is 2.86. The topological polar surface area (TPSA) is 104 Å². The standard InChI is InChI=1S/C17H17NO6S2/c1-3-12(16(22)23)24-11-6-4-10(5-7-11)8-13-14(19)18(17(25)26-13)9(2)15(20)21/h4-9,12H,3H2,1-2H3,(H,20,21)(H,22,23)/b13-8-. The molecule has 0 saturated carbocycles. The number of nitrogens with zero attached hydrogens (tertiary/aromatic N) is 1. The molecule has 1 heterocycles. The molecule has 0 radical (unpaired) electrons. The van der Waals surface area contributed by atoms with Crippen LogP contribution in [0, 0.1) is 0 Å². The van der Waals surface area contributed by atoms with E-state index in [-0.39, 0.29) is 4.32 Å². The van der Waals surface area contributed by atoms with Gasteiger partial charge in [-0.15, -0.1) is 0 Å². The summed E-state index contributed by atoms with van der Waals surface area (Å²) in [5, 5.41) is 18.1. The summed E-state index contributed by atoms with van der Waals surface area (Å²) in [5.74, 6) is -2.21. The molecule has 1 aliphatic heterocycles. The number of carboxylic acid groups (broad SMARTS) is 2. The van der Waals surface area contributed by atoms with Gasteiger partial charge in [0.15, 0.2) is 6.10 Å². The summed E-state index contributed by atoms with van der Waals surface area (Å²) in [6, 6.07) is 5.54. The first-order chi connectivity index (χ1) is 12.2. The first-order valence-electron chi connectivity index (χ1n) is 7.74. The Labute approximate surface area is 159 Å². The quantitative estimate of drug-likeness (QED) is 0.536. The molecule has 2 atom stereocenters. The van der Waals surface area contributed by atoms with Crippen molar-refractivity contribution in [2.75, 3.05) is 0 Å². The van der Waals surface area contributed by atoms with Crippen LogP contribution in [0.2, 0.25) is 0 Å². The molecule has 1 saturated heterocycles. The van der Waals surface area contributed by atoms with E-state index in [0.717, 1.165) is 16.7 Å². The van der Waals surface area contributed by atoms with Gasteiger partial charge >= 0.3 is 11.9 Å². The van der Waals surface area contributed by atoms with Crippen molar-refractivity contribution in [3.63, 3.8) is 0 Å². The predicted octanol–water partition coefficient (Wildman–Crippen LogP) is 2.60. The normalized spacial score (nSPS) is 18.1. The van der Waals surface area contributed by atoms with Gasteiger partial charge in [-0.05, 0) is 37.1 Å². The maximum Gasteiger partial charge on any atom is 0.344 e. The number of rotatable bonds is 7. The van der Waals surface area contributed by atoms with Gasteiger partial charge in [0.05, 0.1) is 4.91 Å². The maximum atomic E-state index is 12.4. The van der Waals surface area contributed by atoms with E-state index in [0.29, 0.717) is 22.6 Å². The van der Waals surface area contributed by atoms with Gasteiger partial charge in [-0.1, -0.05) is 43.0 Å². The van der Waals surface area contributed by atoms with E-state index in [9.17, 15) is 14.4 Å². The van der Waals surface area contributed by atoms with Crippen molar-refractivity contribution in [2.24, 2.45) is 0 Å². The molecule has 1 amide bonds. The third-order valence-electron chi connectivity index (χ3n) is 3.67. The van der Waals surface area contributed by atoms with E-state index < -0.39 is 30.0 Å². The van der Waals surface area contributed by atoms with Crippen LogP contribution in [0.25, 0.3) is 6.08 Å². The van der Waals surface area contributed by atoms with Crippen LogP contribution in [0.3, 0.4) is 0 Å². The molecule has 0 spiro atoms. The van der Waals surface area contributed by atoms with Crippen molar-refractivity contribution < 1.29 is 29.3 Å². The van der Waals surface area contributed by atoms with E-state index in [2.05, 4.69) is 0 Å². The van der Waals surface area contributed by atoms with Crippen LogP contribution < -0.4 is 4.74 Å². The largest absolute Gasteiger partial charge is 0.480 e. The molecular weight excluding hydrogens is 378 g/mol. The number of amides is 1. The number of aliphatic carboxylic acids is 2. The molecule has 138 valence electrons. The predicted molar refractivity (Wildman–Crippen MR) is 101 cm³/mol. The first kappa shape index (κ1) is 19.9. The number of thiocarbonyl (C=S) groups is 1. The summed E-state index contributed by atoms with van der Waals surface area (Å²) >= 11 is 6.14. The van der Waals surface area contributed by atoms with Crippen molar-refractivity contribution in [1.29, 1.82) is 0 Å². The highest BCUT2D eigenvalue weighted by Crippen LogP contribution is 2.34. The minimum absolute atomic E-state index is 0.198. The summed E-state index contributed by atoms with van der Waals surface area (Å²) in [6.45, 7) is 3.11. The van der Waals surface area contributed by atoms with Crippen molar-refractivity contribution in [3.8, 4) is 5.75 Å². The Hall–Kier alpha value is -2.39. The molecule has 1 aromatic carbocycles. The molecule has 7 nitrogen and oxygen atoms in total. The Morgan fingerprint density at radius 1 is 1.27 bits per heavy atom. The van der Waals surface area contributed by atoms with Crippen molar-refractivity contribution in [2.45, 2.75) is 32.4 Å². The zero-order valence-electron chi connectivity index (χ0n) is 14.0. The molecule has 1 fully saturated rings. The number of carboxylic acids is 2. The summed E-state index contributed by atoms with van der Waals surface area (Å²) in [7, 11) is 0. The Bertz CT molecular complexity index is 774. The zero-order valence-corrected chi connectivity index (χ0v) is 15.7. The second-order valence-corrected chi connectivity index (χ2v) is 7.16. The number of ether oxygens (including phenoxy) is 1. The Balaban J connectivity index is 2.15. The lowest BCUT2D eigenvalue weighted by atomic mass is 10.2. The summed E-state index contributed by atoms with van der Waals surface area (Å²) in [5.41, 5.74) is 0.684. The third-order valence-corrected chi connectivity index (χ3v) is 5.00. The van der Waals surface area contributed by atoms with Crippen LogP contribution in [0.1, 0.15) is 25.8 Å². The number of carbonyl (C=O) groups excluding carboxylic acids is 1. The summed E-state index contributed by atoms with van der Waals surface area (Å²) in [4.78, 5) is 35.9. The fraction of sp³-hybridized carbons (Fsp3) is 0.294. The monoisotopic (exact) mass is 395 g/mol. The highest BCUT2D eigenvalue weighted by Gasteiger charge is 2.38. The van der Waals surface area contributed by atoms with Crippen LogP contribution >= 0.6 is 24.0 Å². The van der Waals surface area contributed by atoms with Crippen LogP contribution in [-0.2, 0) is 14.4 Å². The Morgan fingerprint density at radius 2 is 1.88 bits per heavy atom. The number of thioether (sulfide) groups is 1. The summed E-state index contributed by atoms with van der Waals surface area (Å²) < 4.78 is 5.57. The van der Waals surface area contributed by atoms with E-state index in [4.69, 9.17) is 27.2 Å². The van der Waals surface area contributed by atoms with Gasteiger partial charge in [-0.25, -0.2) is 9.59 Å². The van der Waals surface area contributed by atoms with Gasteiger partial charge in [0, 0.05) is 0 Å². The van der Waals surface area contributed by atoms with Crippen LogP contribution in [0.5, 0.6) is 5.75 Å². The Morgan fingerprint density at radius 3 is 2.38 bits per heavy atom. The minimum atomic E-state index is -1.13. The fourth-order valence-corrected chi connectivity index (χ4v) is 3.61. The number of hydrogen-bond donors (Lipinski definition) is 2. The third kappa shape index (κ3) is 4.41. The van der Waals surface area contributed by atoms with Gasteiger partial charge in [0.25, 0.3) is 5.91 Å². The average molecular weight is 395 g/mol. The van der Waals surface area contributed by atoms with E-state index in [1.165, 1.54) is 6.92 Å². The lowest BCUT2D eigenvalue weighted by Gasteiger charge is -2.18. The van der Waals surface area contributed by atoms with Gasteiger partial charge < -0.3 is 14.9 Å². The first-order valence-corrected chi connectivity index (χ1v) is 8.96. The lowest BCUT2D eigenvalue weighted by molar-refractivity contribution is -0.145. The molecule has 2 N–H and O–H groups in total. The van der Waals surface area contributed by atoms with Gasteiger partial charge in [0.2, 0.25) is 0 Å².